The molecule has 0 fully saturated rings. The molecule has 176 valence electrons. The van der Waals surface area contributed by atoms with E-state index in [4.69, 9.17) is 29.6 Å². The van der Waals surface area contributed by atoms with Crippen molar-refractivity contribution < 1.29 is 36.5 Å². The molecule has 0 heterocycles. The third-order valence-corrected chi connectivity index (χ3v) is 4.35. The van der Waals surface area contributed by atoms with E-state index < -0.39 is 24.8 Å². The number of aromatic hydroxyl groups is 1. The highest BCUT2D eigenvalue weighted by Crippen LogP contribution is 2.27. The van der Waals surface area contributed by atoms with Gasteiger partial charge in [-0.1, -0.05) is 41.0 Å². The number of phenols is 1. The van der Waals surface area contributed by atoms with Gasteiger partial charge in [0.15, 0.2) is 11.6 Å². The lowest BCUT2D eigenvalue weighted by Gasteiger charge is -2.06. The number of hydrogen-bond acceptors (Lipinski definition) is 3. The topological polar surface area (TPSA) is 38.7 Å². The van der Waals surface area contributed by atoms with Gasteiger partial charge in [-0.25, -0.2) is 4.39 Å². The first kappa shape index (κ1) is 26.7. The highest BCUT2D eigenvalue weighted by atomic mass is 35.5. The second-order valence-electron chi connectivity index (χ2n) is 6.11. The van der Waals surface area contributed by atoms with Crippen LogP contribution in [0, 0.1) is 30.0 Å². The van der Waals surface area contributed by atoms with Crippen LogP contribution in [0.2, 0.25) is 10.0 Å². The quantitative estimate of drug-likeness (QED) is 0.298. The summed E-state index contributed by atoms with van der Waals surface area (Å²) in [6.45, 7) is -5.84. The number of hydrogen-bond donors (Lipinski definition) is 1. The van der Waals surface area contributed by atoms with E-state index in [0.29, 0.717) is 16.7 Å². The summed E-state index contributed by atoms with van der Waals surface area (Å²) in [4.78, 5) is 0. The third-order valence-electron chi connectivity index (χ3n) is 3.76. The van der Waals surface area contributed by atoms with E-state index in [0.717, 1.165) is 6.07 Å². The van der Waals surface area contributed by atoms with Crippen molar-refractivity contribution >= 4 is 23.2 Å². The van der Waals surface area contributed by atoms with Crippen LogP contribution in [0.4, 0.5) is 22.0 Å². The van der Waals surface area contributed by atoms with Gasteiger partial charge in [0.2, 0.25) is 0 Å². The van der Waals surface area contributed by atoms with Gasteiger partial charge >= 0.3 is 13.2 Å². The molecule has 0 aliphatic rings. The predicted molar refractivity (Wildman–Crippen MR) is 118 cm³/mol. The first-order valence-corrected chi connectivity index (χ1v) is 9.80. The summed E-state index contributed by atoms with van der Waals surface area (Å²) < 4.78 is 68.9. The maximum atomic E-state index is 12.9. The zero-order valence-electron chi connectivity index (χ0n) is 16.8. The Morgan fingerprint density at radius 1 is 0.735 bits per heavy atom. The van der Waals surface area contributed by atoms with Gasteiger partial charge in [0.1, 0.15) is 11.5 Å². The summed E-state index contributed by atoms with van der Waals surface area (Å²) in [5.74, 6) is 6.28. The van der Waals surface area contributed by atoms with Crippen LogP contribution in [-0.4, -0.2) is 18.3 Å². The zero-order valence-corrected chi connectivity index (χ0v) is 18.3. The Hall–Kier alpha value is -3.59. The van der Waals surface area contributed by atoms with Crippen LogP contribution in [0.15, 0.2) is 54.6 Å². The Morgan fingerprint density at radius 2 is 1.18 bits per heavy atom. The van der Waals surface area contributed by atoms with E-state index in [1.54, 1.807) is 0 Å². The van der Waals surface area contributed by atoms with Gasteiger partial charge in [0, 0.05) is 16.7 Å². The van der Waals surface area contributed by atoms with Gasteiger partial charge in [-0.05, 0) is 54.6 Å². The number of halogens is 7. The monoisotopic (exact) mass is 514 g/mol. The maximum Gasteiger partial charge on any atom is 0.387 e. The van der Waals surface area contributed by atoms with Crippen LogP contribution in [0.1, 0.15) is 16.7 Å². The molecule has 0 aliphatic heterocycles. The molecular weight excluding hydrogens is 502 g/mol. The molecule has 0 spiro atoms. The molecule has 0 bridgehead atoms. The third kappa shape index (κ3) is 8.40. The summed E-state index contributed by atoms with van der Waals surface area (Å²) in [6.07, 6.45) is 5.07. The Bertz CT molecular complexity index is 1250. The molecule has 3 rings (SSSR count). The van der Waals surface area contributed by atoms with Gasteiger partial charge in [0.05, 0.1) is 10.0 Å². The van der Waals surface area contributed by atoms with Crippen molar-refractivity contribution in [2.24, 2.45) is 0 Å². The van der Waals surface area contributed by atoms with Gasteiger partial charge in [-0.2, -0.15) is 17.6 Å². The van der Waals surface area contributed by atoms with Crippen molar-refractivity contribution in [3.05, 3.63) is 87.2 Å². The van der Waals surface area contributed by atoms with Crippen LogP contribution in [0.3, 0.4) is 0 Å². The van der Waals surface area contributed by atoms with E-state index in [-0.39, 0.29) is 21.5 Å². The maximum absolute atomic E-state index is 12.9. The molecular formula is C24H13Cl2F5O3. The van der Waals surface area contributed by atoms with E-state index in [1.165, 1.54) is 48.5 Å². The molecule has 3 aromatic carbocycles. The van der Waals surface area contributed by atoms with Crippen molar-refractivity contribution in [1.29, 1.82) is 0 Å². The lowest BCUT2D eigenvalue weighted by atomic mass is 10.1. The largest absolute Gasteiger partial charge is 0.505 e. The first-order valence-electron chi connectivity index (χ1n) is 9.05. The molecule has 0 atom stereocenters. The molecule has 0 radical (unpaired) electrons. The number of ether oxygens (including phenoxy) is 2. The minimum absolute atomic E-state index is 0.00375. The molecule has 0 saturated heterocycles. The Morgan fingerprint density at radius 3 is 1.62 bits per heavy atom. The fourth-order valence-electron chi connectivity index (χ4n) is 2.29. The van der Waals surface area contributed by atoms with E-state index in [2.05, 4.69) is 27.2 Å². The molecule has 3 nitrogen and oxygen atoms in total. The number of rotatable bonds is 4. The first-order chi connectivity index (χ1) is 16.1. The lowest BCUT2D eigenvalue weighted by molar-refractivity contribution is -0.0504. The van der Waals surface area contributed by atoms with Crippen molar-refractivity contribution in [3.8, 4) is 41.4 Å². The Balaban J connectivity index is 0.000000270. The van der Waals surface area contributed by atoms with E-state index in [9.17, 15) is 27.1 Å². The Kier molecular flexibility index (Phi) is 9.88. The highest BCUT2D eigenvalue weighted by molar-refractivity contribution is 6.32. The number of terminal acetylenes is 1. The van der Waals surface area contributed by atoms with Crippen LogP contribution >= 0.6 is 23.2 Å². The molecule has 34 heavy (non-hydrogen) atoms. The molecule has 0 saturated carbocycles. The molecule has 0 unspecified atom stereocenters. The standard InChI is InChI=1S/C15H8ClF3O2.C9H5ClF2O/c16-11-7-9(4-6-14(11)21-15(18)19)1-2-10-3-5-12(17)13(20)8-10;1-2-6-3-4-8(7(10)5-6)13-9(11)12/h3-8,15,20H;1,3-5,9H. The van der Waals surface area contributed by atoms with Crippen LogP contribution < -0.4 is 9.47 Å². The summed E-state index contributed by atoms with van der Waals surface area (Å²) in [7, 11) is 0. The molecule has 0 aliphatic carbocycles. The van der Waals surface area contributed by atoms with E-state index in [1.807, 2.05) is 0 Å². The lowest BCUT2D eigenvalue weighted by Crippen LogP contribution is -2.02. The summed E-state index contributed by atoms with van der Waals surface area (Å²) in [6, 6.07) is 11.9. The fraction of sp³-hybridized carbons (Fsp3) is 0.0833. The molecule has 0 amide bonds. The number of benzene rings is 3. The summed E-state index contributed by atoms with van der Waals surface area (Å²) >= 11 is 11.4. The highest BCUT2D eigenvalue weighted by Gasteiger charge is 2.09. The number of phenolic OH excluding ortho intramolecular Hbond substituents is 1. The van der Waals surface area contributed by atoms with Crippen molar-refractivity contribution in [2.75, 3.05) is 0 Å². The van der Waals surface area contributed by atoms with Crippen LogP contribution in [0.25, 0.3) is 0 Å². The normalized spacial score (nSPS) is 10.0. The minimum Gasteiger partial charge on any atom is -0.505 e. The zero-order chi connectivity index (χ0) is 25.3. The predicted octanol–water partition coefficient (Wildman–Crippen LogP) is 7.11. The second-order valence-corrected chi connectivity index (χ2v) is 6.92. The average Bonchev–Trinajstić information content (AvgIpc) is 2.77. The molecule has 0 aromatic heterocycles. The number of alkyl halides is 4. The van der Waals surface area contributed by atoms with Gasteiger partial charge in [-0.15, -0.1) is 6.42 Å². The SMILES string of the molecule is C#Cc1ccc(OC(F)F)c(Cl)c1.Oc1cc(C#Cc2ccc(OC(F)F)c(Cl)c2)ccc1F. The smallest absolute Gasteiger partial charge is 0.387 e. The molecule has 1 N–H and O–H groups in total. The van der Waals surface area contributed by atoms with Crippen LogP contribution in [0.5, 0.6) is 17.2 Å². The second kappa shape index (κ2) is 12.6. The van der Waals surface area contributed by atoms with Gasteiger partial charge in [-0.3, -0.25) is 0 Å². The molecule has 10 heteroatoms. The van der Waals surface area contributed by atoms with E-state index >= 15 is 0 Å². The molecule has 3 aromatic rings. The summed E-state index contributed by atoms with van der Waals surface area (Å²) in [5, 5.41) is 9.29. The van der Waals surface area contributed by atoms with Crippen molar-refractivity contribution in [2.45, 2.75) is 13.2 Å². The van der Waals surface area contributed by atoms with Crippen molar-refractivity contribution in [1.82, 2.24) is 0 Å². The Labute approximate surface area is 201 Å². The minimum atomic E-state index is -2.96. The fourth-order valence-corrected chi connectivity index (χ4v) is 2.74. The average molecular weight is 515 g/mol. The summed E-state index contributed by atoms with van der Waals surface area (Å²) in [5.41, 5.74) is 1.38. The van der Waals surface area contributed by atoms with Gasteiger partial charge in [0.25, 0.3) is 0 Å². The van der Waals surface area contributed by atoms with Gasteiger partial charge < -0.3 is 14.6 Å². The van der Waals surface area contributed by atoms with Crippen LogP contribution in [-0.2, 0) is 0 Å². The van der Waals surface area contributed by atoms with Crippen molar-refractivity contribution in [3.63, 3.8) is 0 Å².